The van der Waals surface area contributed by atoms with E-state index in [0.29, 0.717) is 32.2 Å². The first kappa shape index (κ1) is 27.3. The smallest absolute Gasteiger partial charge is 0.312 e. The summed E-state index contributed by atoms with van der Waals surface area (Å²) in [5.41, 5.74) is 0.433. The number of hydrogen-bond donors (Lipinski definition) is 1. The first-order valence-electron chi connectivity index (χ1n) is 13.9. The van der Waals surface area contributed by atoms with Crippen LogP contribution < -0.4 is 0 Å². The van der Waals surface area contributed by atoms with Crippen LogP contribution in [0.5, 0.6) is 0 Å². The van der Waals surface area contributed by atoms with Gasteiger partial charge in [0.15, 0.2) is 0 Å². The Hall–Kier alpha value is -3.31. The fourth-order valence-corrected chi connectivity index (χ4v) is 6.66. The van der Waals surface area contributed by atoms with Gasteiger partial charge in [-0.15, -0.1) is 11.7 Å². The van der Waals surface area contributed by atoms with Crippen LogP contribution in [0.2, 0.25) is 0 Å². The van der Waals surface area contributed by atoms with Gasteiger partial charge in [0.25, 0.3) is 0 Å². The number of aromatic nitrogens is 3. The summed E-state index contributed by atoms with van der Waals surface area (Å²) in [5.74, 6) is -2.38. The molecule has 4 heterocycles. The van der Waals surface area contributed by atoms with E-state index in [2.05, 4.69) is 16.9 Å². The normalized spacial score (nSPS) is 27.2. The maximum absolute atomic E-state index is 14.4. The van der Waals surface area contributed by atoms with Crippen molar-refractivity contribution in [2.24, 2.45) is 11.8 Å². The summed E-state index contributed by atoms with van der Waals surface area (Å²) in [6, 6.07) is 6.65. The Morgan fingerprint density at radius 3 is 2.85 bits per heavy atom. The highest BCUT2D eigenvalue weighted by Crippen LogP contribution is 2.58. The second kappa shape index (κ2) is 11.4. The van der Waals surface area contributed by atoms with Crippen molar-refractivity contribution in [1.82, 2.24) is 24.8 Å². The van der Waals surface area contributed by atoms with E-state index in [4.69, 9.17) is 14.6 Å². The summed E-state index contributed by atoms with van der Waals surface area (Å²) in [5, 5.41) is 17.6. The molecule has 3 saturated heterocycles. The van der Waals surface area contributed by atoms with E-state index < -0.39 is 35.6 Å². The summed E-state index contributed by atoms with van der Waals surface area (Å²) >= 11 is 0. The fraction of sp³-hybridized carbons (Fsp3) is 0.607. The zero-order valence-electron chi connectivity index (χ0n) is 22.4. The summed E-state index contributed by atoms with van der Waals surface area (Å²) in [7, 11) is 0. The van der Waals surface area contributed by atoms with Gasteiger partial charge in [0.1, 0.15) is 23.8 Å². The summed E-state index contributed by atoms with van der Waals surface area (Å²) in [6.07, 6.45) is 5.35. The van der Waals surface area contributed by atoms with E-state index >= 15 is 0 Å². The van der Waals surface area contributed by atoms with Crippen LogP contribution in [0.4, 0.5) is 0 Å². The molecule has 2 amide bonds. The van der Waals surface area contributed by atoms with Gasteiger partial charge in [-0.05, 0) is 44.7 Å². The molecular formula is C28H37N5O6. The third kappa shape index (κ3) is 4.71. The highest BCUT2D eigenvalue weighted by molar-refractivity contribution is 5.98. The number of carbonyl (C=O) groups excluding carboxylic acids is 3. The number of nitrogens with zero attached hydrogens (tertiary/aromatic N) is 5. The molecule has 5 rings (SSSR count). The van der Waals surface area contributed by atoms with Crippen molar-refractivity contribution < 1.29 is 29.0 Å². The molecule has 3 aliphatic heterocycles. The summed E-state index contributed by atoms with van der Waals surface area (Å²) in [4.78, 5) is 44.6. The second-order valence-electron chi connectivity index (χ2n) is 10.5. The van der Waals surface area contributed by atoms with Gasteiger partial charge in [-0.1, -0.05) is 36.3 Å². The van der Waals surface area contributed by atoms with Gasteiger partial charge in [-0.25, -0.2) is 4.68 Å². The van der Waals surface area contributed by atoms with Crippen LogP contribution in [0.25, 0.3) is 11.0 Å². The molecule has 0 saturated carbocycles. The molecule has 210 valence electrons. The molecule has 1 aromatic heterocycles. The lowest BCUT2D eigenvalue weighted by atomic mass is 9.70. The molecule has 1 spiro atoms. The van der Waals surface area contributed by atoms with Gasteiger partial charge in [0.2, 0.25) is 11.8 Å². The highest BCUT2D eigenvalue weighted by atomic mass is 16.6. The van der Waals surface area contributed by atoms with E-state index in [1.165, 1.54) is 0 Å². The van der Waals surface area contributed by atoms with Crippen molar-refractivity contribution in [2.75, 3.05) is 26.3 Å². The lowest BCUT2D eigenvalue weighted by Gasteiger charge is -2.36. The van der Waals surface area contributed by atoms with Gasteiger partial charge >= 0.3 is 5.97 Å². The molecule has 2 aromatic rings. The molecule has 2 bridgehead atoms. The van der Waals surface area contributed by atoms with Gasteiger partial charge < -0.3 is 24.4 Å². The Bertz CT molecular complexity index is 1230. The summed E-state index contributed by atoms with van der Waals surface area (Å²) < 4.78 is 13.5. The monoisotopic (exact) mass is 539 g/mol. The van der Waals surface area contributed by atoms with E-state index in [9.17, 15) is 14.4 Å². The number of rotatable bonds is 13. The number of hydrogen-bond acceptors (Lipinski definition) is 8. The van der Waals surface area contributed by atoms with Crippen molar-refractivity contribution >= 4 is 28.8 Å². The Balaban J connectivity index is 1.46. The second-order valence-corrected chi connectivity index (χ2v) is 10.5. The highest BCUT2D eigenvalue weighted by Gasteiger charge is 2.75. The van der Waals surface area contributed by atoms with E-state index in [-0.39, 0.29) is 38.2 Å². The molecule has 11 nitrogen and oxygen atoms in total. The zero-order valence-corrected chi connectivity index (χ0v) is 22.4. The van der Waals surface area contributed by atoms with Crippen LogP contribution in [-0.4, -0.2) is 91.7 Å². The van der Waals surface area contributed by atoms with Crippen molar-refractivity contribution in [3.05, 3.63) is 36.9 Å². The maximum Gasteiger partial charge on any atom is 0.312 e. The molecule has 3 fully saturated rings. The minimum Gasteiger partial charge on any atom is -0.466 e. The number of ether oxygens (including phenoxy) is 2. The fourth-order valence-electron chi connectivity index (χ4n) is 6.66. The number of amides is 2. The third-order valence-electron chi connectivity index (χ3n) is 8.29. The van der Waals surface area contributed by atoms with E-state index in [1.54, 1.807) is 27.5 Å². The first-order chi connectivity index (χ1) is 19.0. The number of aliphatic hydroxyl groups excluding tert-OH is 1. The van der Waals surface area contributed by atoms with Crippen molar-refractivity contribution in [2.45, 2.75) is 69.9 Å². The van der Waals surface area contributed by atoms with Crippen LogP contribution in [0.15, 0.2) is 36.9 Å². The molecule has 3 aliphatic rings. The number of benzene rings is 1. The van der Waals surface area contributed by atoms with Crippen LogP contribution in [-0.2, 0) is 30.5 Å². The standard InChI is InChI=1S/C28H37N5O6/c1-3-15-31(18-33-20-12-8-7-11-19(20)29-30-33)26(36)24-28-14-13-21(39-28)22(27(37)38-4-2)23(28)25(35)32(24)16-9-5-6-10-17-34/h3,7-8,11-12,21-24,34H,1,4-6,9-10,13-18H2,2H3/t21-,22+,23+,24-,28+/m1/s1. The Kier molecular flexibility index (Phi) is 7.99. The Labute approximate surface area is 227 Å². The molecular weight excluding hydrogens is 502 g/mol. The molecule has 11 heteroatoms. The predicted octanol–water partition coefficient (Wildman–Crippen LogP) is 1.89. The number of esters is 1. The number of unbranched alkanes of at least 4 members (excludes halogenated alkanes) is 3. The number of fused-ring (bicyclic) bond motifs is 2. The average Bonchev–Trinajstić information content (AvgIpc) is 3.68. The molecule has 1 N–H and O–H groups in total. The molecule has 1 aromatic carbocycles. The maximum atomic E-state index is 14.4. The lowest BCUT2D eigenvalue weighted by molar-refractivity contribution is -0.155. The Morgan fingerprint density at radius 1 is 1.28 bits per heavy atom. The largest absolute Gasteiger partial charge is 0.466 e. The van der Waals surface area contributed by atoms with Crippen LogP contribution in [0, 0.1) is 11.8 Å². The Morgan fingerprint density at radius 2 is 2.08 bits per heavy atom. The van der Waals surface area contributed by atoms with Crippen LogP contribution in [0.1, 0.15) is 45.4 Å². The quantitative estimate of drug-likeness (QED) is 0.232. The van der Waals surface area contributed by atoms with E-state index in [1.807, 2.05) is 24.3 Å². The van der Waals surface area contributed by atoms with E-state index in [0.717, 1.165) is 23.9 Å². The molecule has 5 atom stereocenters. The van der Waals surface area contributed by atoms with Gasteiger partial charge in [-0.3, -0.25) is 14.4 Å². The van der Waals surface area contributed by atoms with Gasteiger partial charge in [0.05, 0.1) is 30.1 Å². The van der Waals surface area contributed by atoms with Crippen LogP contribution >= 0.6 is 0 Å². The number of carbonyl (C=O) groups is 3. The topological polar surface area (TPSA) is 127 Å². The number of likely N-dealkylation sites (tertiary alicyclic amines) is 1. The van der Waals surface area contributed by atoms with Crippen molar-refractivity contribution in [1.29, 1.82) is 0 Å². The SMILES string of the molecule is C=CCN(Cn1nnc2ccccc21)C(=O)[C@H]1N(CCCCCCO)C(=O)[C@@H]2[C@@H](C(=O)OCC)[C@H]3CC[C@]21O3. The molecule has 39 heavy (non-hydrogen) atoms. The molecule has 0 aliphatic carbocycles. The lowest BCUT2D eigenvalue weighted by Crippen LogP contribution is -2.56. The zero-order chi connectivity index (χ0) is 27.6. The van der Waals surface area contributed by atoms with Crippen molar-refractivity contribution in [3.63, 3.8) is 0 Å². The molecule has 0 radical (unpaired) electrons. The third-order valence-corrected chi connectivity index (χ3v) is 8.29. The minimum absolute atomic E-state index is 0.124. The summed E-state index contributed by atoms with van der Waals surface area (Å²) in [6.45, 7) is 6.67. The van der Waals surface area contributed by atoms with Gasteiger partial charge in [0, 0.05) is 19.7 Å². The van der Waals surface area contributed by atoms with Gasteiger partial charge in [-0.2, -0.15) is 0 Å². The van der Waals surface area contributed by atoms with Crippen molar-refractivity contribution in [3.8, 4) is 0 Å². The predicted molar refractivity (Wildman–Crippen MR) is 141 cm³/mol. The first-order valence-corrected chi connectivity index (χ1v) is 13.9. The average molecular weight is 540 g/mol. The minimum atomic E-state index is -1.08. The van der Waals surface area contributed by atoms with Crippen LogP contribution in [0.3, 0.4) is 0 Å². The molecule has 0 unspecified atom stereocenters. The number of para-hydroxylation sites is 1. The number of aliphatic hydroxyl groups is 1.